The Balaban J connectivity index is 1.54. The zero-order valence-electron chi connectivity index (χ0n) is 12.0. The van der Waals surface area contributed by atoms with Crippen LogP contribution in [0.1, 0.15) is 0 Å². The minimum Gasteiger partial charge on any atom is -0.368 e. The van der Waals surface area contributed by atoms with Crippen LogP contribution >= 0.6 is 22.6 Å². The van der Waals surface area contributed by atoms with Crippen LogP contribution in [0.2, 0.25) is 0 Å². The number of halogens is 2. The van der Waals surface area contributed by atoms with Crippen LogP contribution in [0.15, 0.2) is 36.7 Å². The lowest BCUT2D eigenvalue weighted by molar-refractivity contribution is -0.132. The van der Waals surface area contributed by atoms with Gasteiger partial charge in [-0.25, -0.2) is 4.39 Å². The highest BCUT2D eigenvalue weighted by atomic mass is 127. The molecule has 7 heteroatoms. The molecule has 1 aliphatic heterocycles. The van der Waals surface area contributed by atoms with Gasteiger partial charge in [0.15, 0.2) is 0 Å². The molecule has 1 fully saturated rings. The van der Waals surface area contributed by atoms with Gasteiger partial charge in [-0.1, -0.05) is 0 Å². The molecule has 116 valence electrons. The maximum atomic E-state index is 13.0. The van der Waals surface area contributed by atoms with Crippen molar-refractivity contribution in [1.29, 1.82) is 0 Å². The highest BCUT2D eigenvalue weighted by Gasteiger charge is 2.21. The van der Waals surface area contributed by atoms with E-state index in [1.807, 2.05) is 11.1 Å². The van der Waals surface area contributed by atoms with E-state index >= 15 is 0 Å². The van der Waals surface area contributed by atoms with E-state index in [0.29, 0.717) is 13.1 Å². The van der Waals surface area contributed by atoms with Crippen molar-refractivity contribution >= 4 is 34.2 Å². The van der Waals surface area contributed by atoms with E-state index < -0.39 is 0 Å². The maximum Gasteiger partial charge on any atom is 0.244 e. The monoisotopic (exact) mass is 414 g/mol. The molecule has 1 aliphatic rings. The third kappa shape index (κ3) is 3.57. The summed E-state index contributed by atoms with van der Waals surface area (Å²) in [5.74, 6) is -0.148. The van der Waals surface area contributed by atoms with Crippen molar-refractivity contribution in [1.82, 2.24) is 14.7 Å². The van der Waals surface area contributed by atoms with Crippen molar-refractivity contribution in [3.8, 4) is 0 Å². The molecule has 2 aromatic rings. The van der Waals surface area contributed by atoms with Crippen LogP contribution in [0.3, 0.4) is 0 Å². The molecule has 1 amide bonds. The van der Waals surface area contributed by atoms with Crippen molar-refractivity contribution in [2.45, 2.75) is 6.54 Å². The Bertz CT molecular complexity index is 650. The molecule has 1 aromatic carbocycles. The zero-order valence-corrected chi connectivity index (χ0v) is 14.1. The summed E-state index contributed by atoms with van der Waals surface area (Å²) in [6.07, 6.45) is 3.59. The number of aromatic nitrogens is 2. The Morgan fingerprint density at radius 3 is 2.45 bits per heavy atom. The van der Waals surface area contributed by atoms with Crippen molar-refractivity contribution < 1.29 is 9.18 Å². The van der Waals surface area contributed by atoms with Gasteiger partial charge in [0, 0.05) is 38.1 Å². The molecule has 3 rings (SSSR count). The number of amides is 1. The first-order chi connectivity index (χ1) is 10.6. The molecule has 22 heavy (non-hydrogen) atoms. The minimum atomic E-state index is -0.230. The first-order valence-electron chi connectivity index (χ1n) is 7.08. The summed E-state index contributed by atoms with van der Waals surface area (Å²) in [6, 6.07) is 6.48. The number of piperazine rings is 1. The van der Waals surface area contributed by atoms with E-state index in [0.717, 1.165) is 22.3 Å². The van der Waals surface area contributed by atoms with Crippen LogP contribution < -0.4 is 4.90 Å². The van der Waals surface area contributed by atoms with E-state index in [1.54, 1.807) is 23.0 Å². The molecule has 5 nitrogen and oxygen atoms in total. The average Bonchev–Trinajstić information content (AvgIpc) is 2.93. The summed E-state index contributed by atoms with van der Waals surface area (Å²) in [5, 5.41) is 4.14. The lowest BCUT2D eigenvalue weighted by atomic mass is 10.2. The fourth-order valence-corrected chi connectivity index (χ4v) is 2.98. The number of hydrogen-bond donors (Lipinski definition) is 0. The van der Waals surface area contributed by atoms with Gasteiger partial charge in [-0.05, 0) is 46.9 Å². The van der Waals surface area contributed by atoms with Crippen LogP contribution in [-0.4, -0.2) is 46.8 Å². The normalized spacial score (nSPS) is 15.2. The third-order valence-electron chi connectivity index (χ3n) is 3.72. The Morgan fingerprint density at radius 1 is 1.18 bits per heavy atom. The fourth-order valence-electron chi connectivity index (χ4n) is 2.53. The predicted octanol–water partition coefficient (Wildman–Crippen LogP) is 1.98. The molecular formula is C15H16FIN4O. The van der Waals surface area contributed by atoms with Crippen molar-refractivity contribution in [2.75, 3.05) is 31.1 Å². The summed E-state index contributed by atoms with van der Waals surface area (Å²) in [4.78, 5) is 16.3. The third-order valence-corrected chi connectivity index (χ3v) is 4.28. The Morgan fingerprint density at radius 2 is 1.86 bits per heavy atom. The lowest BCUT2D eigenvalue weighted by Crippen LogP contribution is -2.49. The Kier molecular flexibility index (Phi) is 4.60. The molecule has 2 heterocycles. The van der Waals surface area contributed by atoms with Crippen LogP contribution in [0.4, 0.5) is 10.1 Å². The average molecular weight is 414 g/mol. The van der Waals surface area contributed by atoms with E-state index in [2.05, 4.69) is 32.6 Å². The Labute approximate surface area is 141 Å². The van der Waals surface area contributed by atoms with Gasteiger partial charge < -0.3 is 9.80 Å². The standard InChI is InChI=1S/C15H16FIN4O/c16-12-1-3-14(4-2-12)19-5-7-20(8-6-19)15(22)11-21-10-13(17)9-18-21/h1-4,9-10H,5-8,11H2. The van der Waals surface area contributed by atoms with E-state index in [9.17, 15) is 9.18 Å². The Hall–Kier alpha value is -1.64. The molecule has 0 saturated carbocycles. The largest absolute Gasteiger partial charge is 0.368 e. The van der Waals surface area contributed by atoms with Crippen LogP contribution in [-0.2, 0) is 11.3 Å². The van der Waals surface area contributed by atoms with Crippen molar-refractivity contribution in [2.24, 2.45) is 0 Å². The molecule has 1 aromatic heterocycles. The van der Waals surface area contributed by atoms with Crippen LogP contribution in [0.25, 0.3) is 0 Å². The van der Waals surface area contributed by atoms with Gasteiger partial charge in [-0.3, -0.25) is 9.48 Å². The highest BCUT2D eigenvalue weighted by molar-refractivity contribution is 14.1. The molecule has 0 bridgehead atoms. The van der Waals surface area contributed by atoms with Gasteiger partial charge in [0.25, 0.3) is 0 Å². The maximum absolute atomic E-state index is 13.0. The molecule has 0 unspecified atom stereocenters. The molecule has 1 saturated heterocycles. The molecule has 0 spiro atoms. The van der Waals surface area contributed by atoms with Crippen LogP contribution in [0.5, 0.6) is 0 Å². The zero-order chi connectivity index (χ0) is 15.5. The first kappa shape index (κ1) is 15.3. The number of anilines is 1. The van der Waals surface area contributed by atoms with Crippen molar-refractivity contribution in [3.63, 3.8) is 0 Å². The molecular weight excluding hydrogens is 398 g/mol. The molecule has 0 N–H and O–H groups in total. The van der Waals surface area contributed by atoms with Gasteiger partial charge in [0.1, 0.15) is 12.4 Å². The van der Waals surface area contributed by atoms with Gasteiger partial charge in [-0.15, -0.1) is 0 Å². The second-order valence-electron chi connectivity index (χ2n) is 5.20. The number of carbonyl (C=O) groups excluding carboxylic acids is 1. The lowest BCUT2D eigenvalue weighted by Gasteiger charge is -2.36. The SMILES string of the molecule is O=C(Cn1cc(I)cn1)N1CCN(c2ccc(F)cc2)CC1. The second-order valence-corrected chi connectivity index (χ2v) is 6.45. The summed E-state index contributed by atoms with van der Waals surface area (Å²) in [7, 11) is 0. The number of rotatable bonds is 3. The summed E-state index contributed by atoms with van der Waals surface area (Å²) in [6.45, 7) is 3.14. The topological polar surface area (TPSA) is 41.4 Å². The first-order valence-corrected chi connectivity index (χ1v) is 8.16. The molecule has 0 atom stereocenters. The number of carbonyl (C=O) groups is 1. The summed E-state index contributed by atoms with van der Waals surface area (Å²) in [5.41, 5.74) is 0.995. The number of hydrogen-bond acceptors (Lipinski definition) is 3. The van der Waals surface area contributed by atoms with E-state index in [-0.39, 0.29) is 18.3 Å². The highest BCUT2D eigenvalue weighted by Crippen LogP contribution is 2.17. The second kappa shape index (κ2) is 6.64. The van der Waals surface area contributed by atoms with E-state index in [1.165, 1.54) is 12.1 Å². The quantitative estimate of drug-likeness (QED) is 0.722. The molecule has 0 aliphatic carbocycles. The van der Waals surface area contributed by atoms with Crippen molar-refractivity contribution in [3.05, 3.63) is 46.0 Å². The summed E-state index contributed by atoms with van der Waals surface area (Å²) < 4.78 is 15.6. The fraction of sp³-hybridized carbons (Fsp3) is 0.333. The van der Waals surface area contributed by atoms with Gasteiger partial charge in [0.2, 0.25) is 5.91 Å². The van der Waals surface area contributed by atoms with Gasteiger partial charge >= 0.3 is 0 Å². The van der Waals surface area contributed by atoms with Gasteiger partial charge in [0.05, 0.1) is 9.77 Å². The van der Waals surface area contributed by atoms with Gasteiger partial charge in [-0.2, -0.15) is 5.10 Å². The minimum absolute atomic E-state index is 0.0817. The summed E-state index contributed by atoms with van der Waals surface area (Å²) >= 11 is 2.17. The predicted molar refractivity (Wildman–Crippen MR) is 90.1 cm³/mol. The van der Waals surface area contributed by atoms with E-state index in [4.69, 9.17) is 0 Å². The number of nitrogens with zero attached hydrogens (tertiary/aromatic N) is 4. The number of benzene rings is 1. The smallest absolute Gasteiger partial charge is 0.244 e. The van der Waals surface area contributed by atoms with Crippen LogP contribution in [0, 0.1) is 9.39 Å². The molecule has 0 radical (unpaired) electrons.